The summed E-state index contributed by atoms with van der Waals surface area (Å²) >= 11 is 0. The van der Waals surface area contributed by atoms with Gasteiger partial charge in [-0.1, -0.05) is 38.5 Å². The molecule has 0 aromatic heterocycles. The van der Waals surface area contributed by atoms with Crippen LogP contribution >= 0.6 is 0 Å². The second-order valence-corrected chi connectivity index (χ2v) is 12.1. The van der Waals surface area contributed by atoms with Gasteiger partial charge in [-0.25, -0.2) is 0 Å². The van der Waals surface area contributed by atoms with Crippen molar-refractivity contribution in [2.75, 3.05) is 26.2 Å². The highest BCUT2D eigenvalue weighted by Gasteiger charge is 2.36. The van der Waals surface area contributed by atoms with E-state index in [1.807, 2.05) is 0 Å². The number of rotatable bonds is 11. The molecule has 4 amide bonds. The number of hydrogen-bond acceptors (Lipinski definition) is 5. The third kappa shape index (κ3) is 8.17. The van der Waals surface area contributed by atoms with Gasteiger partial charge in [0.1, 0.15) is 12.1 Å². The van der Waals surface area contributed by atoms with Gasteiger partial charge in [0.2, 0.25) is 23.6 Å². The van der Waals surface area contributed by atoms with Gasteiger partial charge in [0, 0.05) is 32.1 Å². The van der Waals surface area contributed by atoms with E-state index in [2.05, 4.69) is 21.3 Å². The predicted molar refractivity (Wildman–Crippen MR) is 146 cm³/mol. The van der Waals surface area contributed by atoms with Gasteiger partial charge in [0.15, 0.2) is 0 Å². The smallest absolute Gasteiger partial charge is 0.243 e. The first-order valence-electron chi connectivity index (χ1n) is 15.3. The summed E-state index contributed by atoms with van der Waals surface area (Å²) in [5, 5.41) is 12.2. The van der Waals surface area contributed by atoms with Crippen molar-refractivity contribution in [3.8, 4) is 0 Å². The first-order chi connectivity index (χ1) is 18.4. The van der Waals surface area contributed by atoms with Crippen molar-refractivity contribution in [3.05, 3.63) is 0 Å². The van der Waals surface area contributed by atoms with Crippen molar-refractivity contribution in [3.63, 3.8) is 0 Å². The SMILES string of the molecule is C[C@H](NC(=O)[C@H](CC(=O)N1CCCC1)NC(=O)CCC1CCCCC1)C(=O)NCC1CCCC2CCNC21. The van der Waals surface area contributed by atoms with E-state index in [-0.39, 0.29) is 24.1 Å². The molecule has 0 radical (unpaired) electrons. The number of nitrogens with one attached hydrogen (secondary N) is 4. The second-order valence-electron chi connectivity index (χ2n) is 12.1. The molecule has 9 nitrogen and oxygen atoms in total. The molecule has 4 rings (SSSR count). The maximum absolute atomic E-state index is 13.2. The van der Waals surface area contributed by atoms with Crippen LogP contribution in [0.2, 0.25) is 0 Å². The first-order valence-corrected chi connectivity index (χ1v) is 15.3. The van der Waals surface area contributed by atoms with E-state index in [9.17, 15) is 19.2 Å². The minimum atomic E-state index is -0.973. The monoisotopic (exact) mass is 531 g/mol. The Hall–Kier alpha value is -2.16. The van der Waals surface area contributed by atoms with E-state index < -0.39 is 18.0 Å². The average molecular weight is 532 g/mol. The Balaban J connectivity index is 1.27. The molecule has 4 N–H and O–H groups in total. The summed E-state index contributed by atoms with van der Waals surface area (Å²) in [4.78, 5) is 53.5. The number of fused-ring (bicyclic) bond motifs is 1. The molecule has 4 fully saturated rings. The van der Waals surface area contributed by atoms with Gasteiger partial charge in [-0.05, 0) is 69.7 Å². The quantitative estimate of drug-likeness (QED) is 0.326. The highest BCUT2D eigenvalue weighted by atomic mass is 16.2. The molecule has 0 aromatic rings. The van der Waals surface area contributed by atoms with Crippen LogP contribution in [0.5, 0.6) is 0 Å². The van der Waals surface area contributed by atoms with Crippen molar-refractivity contribution < 1.29 is 19.2 Å². The molecule has 2 saturated heterocycles. The Labute approximate surface area is 228 Å². The van der Waals surface area contributed by atoms with Gasteiger partial charge in [0.25, 0.3) is 0 Å². The molecule has 0 bridgehead atoms. The van der Waals surface area contributed by atoms with Crippen molar-refractivity contribution >= 4 is 23.6 Å². The summed E-state index contributed by atoms with van der Waals surface area (Å²) in [6.07, 6.45) is 13.8. The normalized spacial score (nSPS) is 27.3. The molecule has 2 aliphatic heterocycles. The van der Waals surface area contributed by atoms with Gasteiger partial charge >= 0.3 is 0 Å². The molecule has 4 aliphatic rings. The lowest BCUT2D eigenvalue weighted by Gasteiger charge is -2.34. The van der Waals surface area contributed by atoms with Crippen LogP contribution in [0.1, 0.15) is 96.8 Å². The van der Waals surface area contributed by atoms with Crippen molar-refractivity contribution in [1.29, 1.82) is 0 Å². The predicted octanol–water partition coefficient (Wildman–Crippen LogP) is 2.24. The molecule has 38 heavy (non-hydrogen) atoms. The van der Waals surface area contributed by atoms with Gasteiger partial charge in [-0.2, -0.15) is 0 Å². The van der Waals surface area contributed by atoms with Crippen LogP contribution < -0.4 is 21.3 Å². The first kappa shape index (κ1) is 28.8. The van der Waals surface area contributed by atoms with E-state index in [1.54, 1.807) is 11.8 Å². The highest BCUT2D eigenvalue weighted by molar-refractivity contribution is 5.94. The number of carbonyl (C=O) groups is 4. The number of hydrogen-bond donors (Lipinski definition) is 4. The largest absolute Gasteiger partial charge is 0.354 e. The van der Waals surface area contributed by atoms with Gasteiger partial charge in [-0.3, -0.25) is 19.2 Å². The van der Waals surface area contributed by atoms with Crippen LogP contribution in [-0.4, -0.2) is 72.8 Å². The molecule has 0 spiro atoms. The number of likely N-dealkylation sites (tertiary alicyclic amines) is 1. The van der Waals surface area contributed by atoms with Crippen LogP contribution in [0.4, 0.5) is 0 Å². The summed E-state index contributed by atoms with van der Waals surface area (Å²) in [7, 11) is 0. The van der Waals surface area contributed by atoms with Crippen molar-refractivity contribution in [1.82, 2.24) is 26.2 Å². The Morgan fingerprint density at radius 1 is 0.868 bits per heavy atom. The van der Waals surface area contributed by atoms with Crippen LogP contribution in [-0.2, 0) is 19.2 Å². The van der Waals surface area contributed by atoms with Crippen molar-refractivity contribution in [2.24, 2.45) is 17.8 Å². The molecule has 5 atom stereocenters. The zero-order valence-corrected chi connectivity index (χ0v) is 23.3. The molecule has 0 aromatic carbocycles. The van der Waals surface area contributed by atoms with E-state index in [0.29, 0.717) is 49.9 Å². The van der Waals surface area contributed by atoms with Gasteiger partial charge in [-0.15, -0.1) is 0 Å². The summed E-state index contributed by atoms with van der Waals surface area (Å²) in [5.41, 5.74) is 0. The summed E-state index contributed by atoms with van der Waals surface area (Å²) in [6, 6.07) is -1.25. The third-order valence-electron chi connectivity index (χ3n) is 9.34. The molecular weight excluding hydrogens is 482 g/mol. The Kier molecular flexibility index (Phi) is 10.8. The fourth-order valence-electron chi connectivity index (χ4n) is 7.03. The van der Waals surface area contributed by atoms with E-state index >= 15 is 0 Å². The maximum Gasteiger partial charge on any atom is 0.243 e. The topological polar surface area (TPSA) is 120 Å². The molecule has 9 heteroatoms. The van der Waals surface area contributed by atoms with Gasteiger partial charge in [0.05, 0.1) is 6.42 Å². The van der Waals surface area contributed by atoms with E-state index in [0.717, 1.165) is 45.1 Å². The molecule has 2 saturated carbocycles. The minimum absolute atomic E-state index is 0.0772. The Morgan fingerprint density at radius 3 is 2.39 bits per heavy atom. The fraction of sp³-hybridized carbons (Fsp3) is 0.862. The van der Waals surface area contributed by atoms with Crippen LogP contribution in [0.25, 0.3) is 0 Å². The van der Waals surface area contributed by atoms with Gasteiger partial charge < -0.3 is 26.2 Å². The van der Waals surface area contributed by atoms with E-state index in [1.165, 1.54) is 38.5 Å². The second kappa shape index (κ2) is 14.3. The Morgan fingerprint density at radius 2 is 1.63 bits per heavy atom. The molecular formula is C29H49N5O4. The van der Waals surface area contributed by atoms with Crippen LogP contribution in [0, 0.1) is 17.8 Å². The molecule has 2 aliphatic carbocycles. The number of nitrogens with zero attached hydrogens (tertiary/aromatic N) is 1. The van der Waals surface area contributed by atoms with Crippen LogP contribution in [0.3, 0.4) is 0 Å². The lowest BCUT2D eigenvalue weighted by Crippen LogP contribution is -2.54. The zero-order chi connectivity index (χ0) is 26.9. The lowest BCUT2D eigenvalue weighted by molar-refractivity contribution is -0.136. The summed E-state index contributed by atoms with van der Waals surface area (Å²) in [5.74, 6) is 0.667. The average Bonchev–Trinajstić information content (AvgIpc) is 3.63. The summed E-state index contributed by atoms with van der Waals surface area (Å²) < 4.78 is 0. The lowest BCUT2D eigenvalue weighted by atomic mass is 9.77. The molecule has 2 heterocycles. The minimum Gasteiger partial charge on any atom is -0.354 e. The third-order valence-corrected chi connectivity index (χ3v) is 9.34. The van der Waals surface area contributed by atoms with E-state index in [4.69, 9.17) is 0 Å². The molecule has 214 valence electrons. The zero-order valence-electron chi connectivity index (χ0n) is 23.3. The standard InChI is InChI=1S/C29H49N5O4/c1-20(28(37)31-19-23-11-7-10-22-14-15-30-27(22)23)32-29(38)24(18-26(36)34-16-5-6-17-34)33-25(35)13-12-21-8-3-2-4-9-21/h20-24,27,30H,2-19H2,1H3,(H,31,37)(H,32,38)(H,33,35)/t20-,22?,23?,24-,27?/m0/s1. The van der Waals surface area contributed by atoms with Crippen LogP contribution in [0.15, 0.2) is 0 Å². The summed E-state index contributed by atoms with van der Waals surface area (Å²) in [6.45, 7) is 4.70. The maximum atomic E-state index is 13.2. The fourth-order valence-corrected chi connectivity index (χ4v) is 7.03. The van der Waals surface area contributed by atoms with Crippen molar-refractivity contribution in [2.45, 2.75) is 115 Å². The molecule has 3 unspecified atom stereocenters. The Bertz CT molecular complexity index is 824. The number of amides is 4. The highest BCUT2D eigenvalue weighted by Crippen LogP contribution is 2.34. The number of carbonyl (C=O) groups excluding carboxylic acids is 4.